The largest absolute Gasteiger partial charge is 0.481 e. The lowest BCUT2D eigenvalue weighted by atomic mass is 10.00. The number of hydrogen-bond donors (Lipinski definition) is 3. The second-order valence-electron chi connectivity index (χ2n) is 10.0. The zero-order valence-electron chi connectivity index (χ0n) is 23.4. The number of likely N-dealkylation sites (N-methyl/N-ethyl adjacent to an activating group) is 1. The maximum Gasteiger partial charge on any atom is 0.317 e. The highest BCUT2D eigenvalue weighted by Crippen LogP contribution is 2.41. The Morgan fingerprint density at radius 2 is 1.71 bits per heavy atom. The Balaban J connectivity index is 1.42. The number of fused-ring (bicyclic) bond motifs is 1. The Bertz CT molecular complexity index is 1670. The Hall–Kier alpha value is -3.96. The molecular weight excluding hydrogens is 579 g/mol. The van der Waals surface area contributed by atoms with Gasteiger partial charge in [-0.15, -0.1) is 0 Å². The van der Waals surface area contributed by atoms with Crippen molar-refractivity contribution in [3.63, 3.8) is 0 Å². The van der Waals surface area contributed by atoms with Gasteiger partial charge in [0.1, 0.15) is 0 Å². The molecule has 0 unspecified atom stereocenters. The first kappa shape index (κ1) is 29.5. The molecule has 0 spiro atoms. The molecule has 3 N–H and O–H groups in total. The molecule has 1 aliphatic rings. The van der Waals surface area contributed by atoms with Crippen molar-refractivity contribution >= 4 is 40.8 Å². The molecule has 0 aliphatic carbocycles. The van der Waals surface area contributed by atoms with E-state index >= 15 is 0 Å². The van der Waals surface area contributed by atoms with Crippen molar-refractivity contribution in [2.45, 2.75) is 19.5 Å². The Morgan fingerprint density at radius 1 is 1.00 bits per heavy atom. The van der Waals surface area contributed by atoms with Crippen molar-refractivity contribution in [3.8, 4) is 28.3 Å². The minimum absolute atomic E-state index is 0.180. The highest BCUT2D eigenvalue weighted by Gasteiger charge is 2.25. The van der Waals surface area contributed by atoms with Crippen LogP contribution in [0.3, 0.4) is 0 Å². The van der Waals surface area contributed by atoms with Gasteiger partial charge in [0.05, 0.1) is 40.8 Å². The van der Waals surface area contributed by atoms with Crippen molar-refractivity contribution in [2.24, 2.45) is 7.05 Å². The Kier molecular flexibility index (Phi) is 8.79. The van der Waals surface area contributed by atoms with Crippen LogP contribution in [0.2, 0.25) is 10.0 Å². The van der Waals surface area contributed by atoms with Gasteiger partial charge in [-0.05, 0) is 19.2 Å². The molecule has 1 aliphatic heterocycles. The van der Waals surface area contributed by atoms with E-state index in [0.29, 0.717) is 61.9 Å². The molecule has 12 heteroatoms. The van der Waals surface area contributed by atoms with Gasteiger partial charge in [-0.25, -0.2) is 9.97 Å². The van der Waals surface area contributed by atoms with E-state index in [0.717, 1.165) is 24.4 Å². The zero-order chi connectivity index (χ0) is 30.0. The number of amides is 1. The molecule has 1 amide bonds. The fraction of sp³-hybridized carbons (Fsp3) is 0.267. The number of anilines is 1. The molecule has 10 nitrogen and oxygen atoms in total. The molecule has 0 saturated heterocycles. The van der Waals surface area contributed by atoms with E-state index in [1.54, 1.807) is 18.2 Å². The number of carbonyl (C=O) groups excluding carboxylic acids is 1. The highest BCUT2D eigenvalue weighted by molar-refractivity contribution is 6.39. The predicted octanol–water partition coefficient (Wildman–Crippen LogP) is 4.88. The molecule has 42 heavy (non-hydrogen) atoms. The lowest BCUT2D eigenvalue weighted by Crippen LogP contribution is -2.27. The summed E-state index contributed by atoms with van der Waals surface area (Å²) in [6.45, 7) is 1.72. The first-order valence-electron chi connectivity index (χ1n) is 13.3. The van der Waals surface area contributed by atoms with Crippen LogP contribution in [0, 0.1) is 0 Å². The maximum absolute atomic E-state index is 13.3. The smallest absolute Gasteiger partial charge is 0.317 e. The van der Waals surface area contributed by atoms with Gasteiger partial charge >= 0.3 is 5.97 Å². The number of pyridine rings is 1. The van der Waals surface area contributed by atoms with E-state index in [-0.39, 0.29) is 19.0 Å². The van der Waals surface area contributed by atoms with Gasteiger partial charge in [0.25, 0.3) is 5.91 Å². The molecule has 4 aromatic rings. The number of rotatable bonds is 9. The van der Waals surface area contributed by atoms with Crippen LogP contribution < -0.4 is 15.4 Å². The first-order valence-corrected chi connectivity index (χ1v) is 14.0. The monoisotopic (exact) mass is 608 g/mol. The van der Waals surface area contributed by atoms with Crippen LogP contribution in [0.4, 0.5) is 5.69 Å². The van der Waals surface area contributed by atoms with Crippen LogP contribution in [0.15, 0.2) is 48.5 Å². The SMILES string of the molecule is COc1nc(-c2cccc(-c3cccc(NC(=O)c4nc5c(n4C)CCN(C)C5)c3Cl)c2Cl)ccc1CNCC(=O)O. The molecule has 0 fully saturated rings. The average molecular weight is 610 g/mol. The quantitative estimate of drug-likeness (QED) is 0.246. The number of imidazole rings is 1. The van der Waals surface area contributed by atoms with Crippen molar-refractivity contribution in [1.29, 1.82) is 0 Å². The van der Waals surface area contributed by atoms with Crippen LogP contribution in [0.5, 0.6) is 5.88 Å². The van der Waals surface area contributed by atoms with Gasteiger partial charge in [0.15, 0.2) is 5.82 Å². The summed E-state index contributed by atoms with van der Waals surface area (Å²) < 4.78 is 7.31. The summed E-state index contributed by atoms with van der Waals surface area (Å²) in [4.78, 5) is 35.5. The third-order valence-corrected chi connectivity index (χ3v) is 8.00. The lowest BCUT2D eigenvalue weighted by Gasteiger charge is -2.21. The van der Waals surface area contributed by atoms with E-state index in [1.807, 2.05) is 49.0 Å². The third kappa shape index (κ3) is 5.98. The molecule has 2 aromatic carbocycles. The molecule has 0 saturated carbocycles. The number of halogens is 2. The number of aliphatic carboxylic acids is 1. The van der Waals surface area contributed by atoms with Crippen LogP contribution in [0.1, 0.15) is 27.6 Å². The number of aromatic nitrogens is 3. The summed E-state index contributed by atoms with van der Waals surface area (Å²) in [7, 11) is 5.40. The minimum Gasteiger partial charge on any atom is -0.481 e. The van der Waals surface area contributed by atoms with E-state index in [2.05, 4.69) is 25.5 Å². The number of methoxy groups -OCH3 is 1. The van der Waals surface area contributed by atoms with Gasteiger partial charge in [-0.1, -0.05) is 59.6 Å². The minimum atomic E-state index is -0.951. The number of nitrogens with one attached hydrogen (secondary N) is 2. The molecule has 5 rings (SSSR count). The molecule has 3 heterocycles. The van der Waals surface area contributed by atoms with Gasteiger partial charge in [-0.2, -0.15) is 0 Å². The lowest BCUT2D eigenvalue weighted by molar-refractivity contribution is -0.136. The summed E-state index contributed by atoms with van der Waals surface area (Å²) in [5.41, 5.74) is 5.67. The van der Waals surface area contributed by atoms with Crippen molar-refractivity contribution < 1.29 is 19.4 Å². The third-order valence-electron chi connectivity index (χ3n) is 7.19. The normalized spacial score (nSPS) is 13.1. The number of ether oxygens (including phenoxy) is 1. The highest BCUT2D eigenvalue weighted by atomic mass is 35.5. The van der Waals surface area contributed by atoms with Crippen molar-refractivity contribution in [1.82, 2.24) is 24.8 Å². The topological polar surface area (TPSA) is 122 Å². The fourth-order valence-corrected chi connectivity index (χ4v) is 5.65. The number of carboxylic acids is 1. The van der Waals surface area contributed by atoms with Crippen LogP contribution >= 0.6 is 23.2 Å². The summed E-state index contributed by atoms with van der Waals surface area (Å²) in [6, 6.07) is 14.5. The second kappa shape index (κ2) is 12.5. The fourth-order valence-electron chi connectivity index (χ4n) is 5.05. The molecule has 2 aromatic heterocycles. The summed E-state index contributed by atoms with van der Waals surface area (Å²) >= 11 is 13.8. The van der Waals surface area contributed by atoms with Crippen molar-refractivity contribution in [2.75, 3.05) is 32.6 Å². The number of nitrogens with zero attached hydrogens (tertiary/aromatic N) is 4. The number of carbonyl (C=O) groups is 2. The molecule has 0 bridgehead atoms. The summed E-state index contributed by atoms with van der Waals surface area (Å²) in [5.74, 6) is -0.605. The molecular formula is C30H30Cl2N6O4. The van der Waals surface area contributed by atoms with E-state index < -0.39 is 5.97 Å². The molecule has 0 atom stereocenters. The first-order chi connectivity index (χ1) is 20.2. The van der Waals surface area contributed by atoms with Gasteiger partial charge < -0.3 is 29.9 Å². The van der Waals surface area contributed by atoms with E-state index in [4.69, 9.17) is 33.0 Å². The standard InChI is InChI=1S/C30H30Cl2N6O4/c1-37-13-12-24-23(16-37)34-28(38(24)2)29(41)35-22-9-5-7-19(27(22)32)18-6-4-8-20(26(18)31)21-11-10-17(30(36-21)42-3)14-33-15-25(39)40/h4-11,33H,12-16H2,1-3H3,(H,35,41)(H,39,40). The van der Waals surface area contributed by atoms with Gasteiger partial charge in [0, 0.05) is 61.1 Å². The van der Waals surface area contributed by atoms with Crippen LogP contribution in [-0.4, -0.2) is 63.7 Å². The Morgan fingerprint density at radius 3 is 2.45 bits per heavy atom. The molecule has 0 radical (unpaired) electrons. The predicted molar refractivity (Wildman–Crippen MR) is 162 cm³/mol. The summed E-state index contributed by atoms with van der Waals surface area (Å²) in [6.07, 6.45) is 0.832. The second-order valence-corrected chi connectivity index (χ2v) is 10.8. The number of hydrogen-bond acceptors (Lipinski definition) is 7. The number of carboxylic acid groups (broad SMARTS) is 1. The average Bonchev–Trinajstić information content (AvgIpc) is 3.29. The van der Waals surface area contributed by atoms with E-state index in [1.165, 1.54) is 7.11 Å². The summed E-state index contributed by atoms with van der Waals surface area (Å²) in [5, 5.41) is 15.4. The van der Waals surface area contributed by atoms with E-state index in [9.17, 15) is 9.59 Å². The van der Waals surface area contributed by atoms with Gasteiger partial charge in [-0.3, -0.25) is 9.59 Å². The van der Waals surface area contributed by atoms with Crippen LogP contribution in [-0.2, 0) is 31.4 Å². The Labute approximate surface area is 253 Å². The van der Waals surface area contributed by atoms with Crippen molar-refractivity contribution in [3.05, 3.63) is 81.4 Å². The van der Waals surface area contributed by atoms with Crippen LogP contribution in [0.25, 0.3) is 22.4 Å². The maximum atomic E-state index is 13.3. The zero-order valence-corrected chi connectivity index (χ0v) is 24.9. The molecule has 218 valence electrons. The number of benzene rings is 2. The van der Waals surface area contributed by atoms with Gasteiger partial charge in [0.2, 0.25) is 5.88 Å².